The summed E-state index contributed by atoms with van der Waals surface area (Å²) in [7, 11) is 0. The van der Waals surface area contributed by atoms with Gasteiger partial charge < -0.3 is 15.2 Å². The lowest BCUT2D eigenvalue weighted by molar-refractivity contribution is -0.255. The van der Waals surface area contributed by atoms with Crippen molar-refractivity contribution in [2.24, 2.45) is 0 Å². The molecule has 0 aliphatic rings. The van der Waals surface area contributed by atoms with Gasteiger partial charge in [-0.25, -0.2) is 0 Å². The fraction of sp³-hybridized carbons (Fsp3) is 0.0667. The Hall–Kier alpha value is -1.98. The minimum Gasteiger partial charge on any atom is -0.545 e. The molecule has 1 amide bonds. The smallest absolute Gasteiger partial charge is 0.234 e. The molecule has 0 spiro atoms. The summed E-state index contributed by atoms with van der Waals surface area (Å²) in [6.45, 7) is 0. The fourth-order valence-electron chi connectivity index (χ4n) is 1.63. The SMILES string of the molecule is O=C(CSc1ccccc1C(=O)[O-])Nc1ccc(Cl)cc1. The first-order valence-electron chi connectivity index (χ1n) is 6.05. The zero-order valence-corrected chi connectivity index (χ0v) is 12.4. The molecule has 0 fully saturated rings. The van der Waals surface area contributed by atoms with Crippen LogP contribution in [0.4, 0.5) is 5.69 Å². The van der Waals surface area contributed by atoms with E-state index >= 15 is 0 Å². The van der Waals surface area contributed by atoms with E-state index in [4.69, 9.17) is 11.6 Å². The molecule has 2 rings (SSSR count). The molecule has 0 heterocycles. The predicted octanol–water partition coefficient (Wildman–Crippen LogP) is 2.43. The third-order valence-electron chi connectivity index (χ3n) is 2.59. The lowest BCUT2D eigenvalue weighted by atomic mass is 10.2. The second-order valence-electron chi connectivity index (χ2n) is 4.13. The summed E-state index contributed by atoms with van der Waals surface area (Å²) in [5, 5.41) is 14.2. The van der Waals surface area contributed by atoms with E-state index < -0.39 is 5.97 Å². The van der Waals surface area contributed by atoms with Gasteiger partial charge in [-0.05, 0) is 30.3 Å². The summed E-state index contributed by atoms with van der Waals surface area (Å²) in [4.78, 5) is 23.3. The van der Waals surface area contributed by atoms with E-state index in [0.29, 0.717) is 15.6 Å². The van der Waals surface area contributed by atoms with Crippen LogP contribution in [0.15, 0.2) is 53.4 Å². The van der Waals surface area contributed by atoms with Crippen LogP contribution in [0.5, 0.6) is 0 Å². The Labute approximate surface area is 131 Å². The summed E-state index contributed by atoms with van der Waals surface area (Å²) in [5.74, 6) is -1.38. The van der Waals surface area contributed by atoms with E-state index in [2.05, 4.69) is 5.32 Å². The van der Waals surface area contributed by atoms with Gasteiger partial charge in [-0.1, -0.05) is 29.8 Å². The van der Waals surface area contributed by atoms with Crippen molar-refractivity contribution in [3.63, 3.8) is 0 Å². The molecular formula is C15H11ClNO3S-. The molecule has 0 unspecified atom stereocenters. The molecule has 0 radical (unpaired) electrons. The number of nitrogens with one attached hydrogen (secondary N) is 1. The number of hydrogen-bond acceptors (Lipinski definition) is 4. The number of amides is 1. The fourth-order valence-corrected chi connectivity index (χ4v) is 2.60. The van der Waals surface area contributed by atoms with Crippen LogP contribution in [0.2, 0.25) is 5.02 Å². The summed E-state index contributed by atoms with van der Waals surface area (Å²) in [6, 6.07) is 13.2. The largest absolute Gasteiger partial charge is 0.545 e. The molecule has 0 aliphatic heterocycles. The lowest BCUT2D eigenvalue weighted by Crippen LogP contribution is -2.23. The molecule has 0 bridgehead atoms. The van der Waals surface area contributed by atoms with Crippen LogP contribution < -0.4 is 10.4 Å². The van der Waals surface area contributed by atoms with Crippen molar-refractivity contribution in [3.8, 4) is 0 Å². The van der Waals surface area contributed by atoms with Gasteiger partial charge in [0.15, 0.2) is 0 Å². The number of carbonyl (C=O) groups is 2. The van der Waals surface area contributed by atoms with Gasteiger partial charge in [0.2, 0.25) is 5.91 Å². The highest BCUT2D eigenvalue weighted by molar-refractivity contribution is 8.00. The maximum Gasteiger partial charge on any atom is 0.234 e. The van der Waals surface area contributed by atoms with Gasteiger partial charge in [0.25, 0.3) is 0 Å². The van der Waals surface area contributed by atoms with Crippen LogP contribution in [0.25, 0.3) is 0 Å². The van der Waals surface area contributed by atoms with Crippen molar-refractivity contribution >= 4 is 40.9 Å². The summed E-state index contributed by atoms with van der Waals surface area (Å²) in [5.41, 5.74) is 0.722. The monoisotopic (exact) mass is 320 g/mol. The molecule has 0 aromatic heterocycles. The van der Waals surface area contributed by atoms with E-state index in [9.17, 15) is 14.7 Å². The van der Waals surface area contributed by atoms with Crippen LogP contribution in [0, 0.1) is 0 Å². The standard InChI is InChI=1S/C15H12ClNO3S/c16-10-5-7-11(8-6-10)17-14(18)9-21-13-4-2-1-3-12(13)15(19)20/h1-8H,9H2,(H,17,18)(H,19,20)/p-1. The Morgan fingerprint density at radius 3 is 2.43 bits per heavy atom. The Morgan fingerprint density at radius 2 is 1.76 bits per heavy atom. The number of aromatic carboxylic acids is 1. The van der Waals surface area contributed by atoms with Crippen molar-refractivity contribution in [1.29, 1.82) is 0 Å². The topological polar surface area (TPSA) is 69.2 Å². The summed E-state index contributed by atoms with van der Waals surface area (Å²) < 4.78 is 0. The highest BCUT2D eigenvalue weighted by Crippen LogP contribution is 2.22. The quantitative estimate of drug-likeness (QED) is 0.859. The molecule has 0 saturated heterocycles. The third kappa shape index (κ3) is 4.51. The number of carbonyl (C=O) groups excluding carboxylic acids is 2. The number of hydrogen-bond donors (Lipinski definition) is 1. The number of benzene rings is 2. The predicted molar refractivity (Wildman–Crippen MR) is 81.6 cm³/mol. The molecule has 108 valence electrons. The second kappa shape index (κ2) is 7.15. The van der Waals surface area contributed by atoms with E-state index in [0.717, 1.165) is 11.8 Å². The van der Waals surface area contributed by atoms with Crippen LogP contribution >= 0.6 is 23.4 Å². The number of carboxylic acids is 1. The first-order valence-corrected chi connectivity index (χ1v) is 7.41. The Morgan fingerprint density at radius 1 is 1.10 bits per heavy atom. The van der Waals surface area contributed by atoms with Crippen LogP contribution in [0.1, 0.15) is 10.4 Å². The highest BCUT2D eigenvalue weighted by Gasteiger charge is 2.07. The minimum absolute atomic E-state index is 0.0850. The summed E-state index contributed by atoms with van der Waals surface area (Å²) in [6.07, 6.45) is 0. The molecule has 21 heavy (non-hydrogen) atoms. The summed E-state index contributed by atoms with van der Waals surface area (Å²) >= 11 is 6.91. The number of anilines is 1. The molecule has 6 heteroatoms. The zero-order valence-electron chi connectivity index (χ0n) is 10.8. The van der Waals surface area contributed by atoms with Crippen molar-refractivity contribution in [2.45, 2.75) is 4.90 Å². The van der Waals surface area contributed by atoms with Gasteiger partial charge in [0.05, 0.1) is 11.7 Å². The average molecular weight is 321 g/mol. The highest BCUT2D eigenvalue weighted by atomic mass is 35.5. The molecule has 2 aromatic carbocycles. The van der Waals surface area contributed by atoms with Crippen molar-refractivity contribution in [2.75, 3.05) is 11.1 Å². The second-order valence-corrected chi connectivity index (χ2v) is 5.58. The Kier molecular flexibility index (Phi) is 5.25. The van der Waals surface area contributed by atoms with Gasteiger partial charge in [-0.3, -0.25) is 4.79 Å². The average Bonchev–Trinajstić information content (AvgIpc) is 2.48. The molecule has 1 N–H and O–H groups in total. The number of thioether (sulfide) groups is 1. The van der Waals surface area contributed by atoms with E-state index in [-0.39, 0.29) is 17.2 Å². The molecule has 0 saturated carbocycles. The van der Waals surface area contributed by atoms with Crippen molar-refractivity contribution in [3.05, 3.63) is 59.1 Å². The van der Waals surface area contributed by atoms with E-state index in [1.807, 2.05) is 0 Å². The van der Waals surface area contributed by atoms with Gasteiger partial charge in [-0.2, -0.15) is 0 Å². The number of rotatable bonds is 5. The van der Waals surface area contributed by atoms with Gasteiger partial charge in [-0.15, -0.1) is 11.8 Å². The first-order chi connectivity index (χ1) is 10.1. The van der Waals surface area contributed by atoms with Gasteiger partial charge >= 0.3 is 0 Å². The lowest BCUT2D eigenvalue weighted by Gasteiger charge is -2.10. The zero-order chi connectivity index (χ0) is 15.2. The Bertz CT molecular complexity index is 658. The van der Waals surface area contributed by atoms with Crippen molar-refractivity contribution in [1.82, 2.24) is 0 Å². The number of carboxylic acid groups (broad SMARTS) is 1. The van der Waals surface area contributed by atoms with Crippen LogP contribution in [-0.4, -0.2) is 17.6 Å². The maximum atomic E-state index is 11.8. The van der Waals surface area contributed by atoms with Crippen LogP contribution in [0.3, 0.4) is 0 Å². The van der Waals surface area contributed by atoms with Crippen molar-refractivity contribution < 1.29 is 14.7 Å². The molecule has 0 aliphatic carbocycles. The van der Waals surface area contributed by atoms with Crippen LogP contribution in [-0.2, 0) is 4.79 Å². The number of halogens is 1. The van der Waals surface area contributed by atoms with Gasteiger partial charge in [0, 0.05) is 21.2 Å². The van der Waals surface area contributed by atoms with Gasteiger partial charge in [0.1, 0.15) is 0 Å². The Balaban J connectivity index is 1.95. The van der Waals surface area contributed by atoms with E-state index in [1.165, 1.54) is 6.07 Å². The minimum atomic E-state index is -1.25. The molecule has 2 aromatic rings. The molecule has 0 atom stereocenters. The normalized spacial score (nSPS) is 10.1. The first kappa shape index (κ1) is 15.4. The maximum absolute atomic E-state index is 11.8. The molecular weight excluding hydrogens is 310 g/mol. The van der Waals surface area contributed by atoms with E-state index in [1.54, 1.807) is 42.5 Å². The third-order valence-corrected chi connectivity index (χ3v) is 3.92. The molecule has 4 nitrogen and oxygen atoms in total.